The molecule has 2 aromatic rings. The van der Waals surface area contributed by atoms with Crippen LogP contribution in [0.3, 0.4) is 0 Å². The molecule has 2 unspecified atom stereocenters. The minimum atomic E-state index is -0.0384. The number of ether oxygens (including phenoxy) is 1. The van der Waals surface area contributed by atoms with Crippen molar-refractivity contribution < 1.29 is 9.53 Å². The normalized spacial score (nSPS) is 13.4. The van der Waals surface area contributed by atoms with Crippen LogP contribution in [0.15, 0.2) is 65.7 Å². The molecule has 30 heavy (non-hydrogen) atoms. The Balaban J connectivity index is 1.84. The molecular formula is C24H34N4O2. The summed E-state index contributed by atoms with van der Waals surface area (Å²) >= 11 is 0. The third-order valence-corrected chi connectivity index (χ3v) is 4.77. The van der Waals surface area contributed by atoms with Gasteiger partial charge >= 0.3 is 0 Å². The first kappa shape index (κ1) is 23.4. The summed E-state index contributed by atoms with van der Waals surface area (Å²) in [6, 6.07) is 20.4. The zero-order chi connectivity index (χ0) is 21.8. The lowest BCUT2D eigenvalue weighted by molar-refractivity contribution is -0.127. The van der Waals surface area contributed by atoms with Crippen LogP contribution in [-0.4, -0.2) is 50.6 Å². The first-order valence-electron chi connectivity index (χ1n) is 10.4. The van der Waals surface area contributed by atoms with Crippen LogP contribution in [0.25, 0.3) is 0 Å². The van der Waals surface area contributed by atoms with E-state index in [0.717, 1.165) is 12.0 Å². The van der Waals surface area contributed by atoms with E-state index in [1.165, 1.54) is 5.56 Å². The highest BCUT2D eigenvalue weighted by Crippen LogP contribution is 2.15. The number of rotatable bonds is 10. The van der Waals surface area contributed by atoms with Gasteiger partial charge in [0.1, 0.15) is 6.54 Å². The van der Waals surface area contributed by atoms with Crippen LogP contribution < -0.4 is 10.6 Å². The number of carbonyl (C=O) groups excluding carboxylic acids is 1. The standard InChI is InChI=1S/C24H34N4O2/c1-19(21-12-7-5-8-13-21)27-24(26-18-23(29)28(3)4)25-16-11-17-30-20(2)22-14-9-6-10-15-22/h5-10,12-15,19-20H,11,16-18H2,1-4H3,(H2,25,26,27). The first-order chi connectivity index (χ1) is 14.5. The monoisotopic (exact) mass is 410 g/mol. The van der Waals surface area contributed by atoms with Gasteiger partial charge < -0.3 is 20.3 Å². The van der Waals surface area contributed by atoms with Gasteiger partial charge in [-0.15, -0.1) is 0 Å². The van der Waals surface area contributed by atoms with Gasteiger partial charge in [0.05, 0.1) is 12.1 Å². The number of nitrogens with zero attached hydrogens (tertiary/aromatic N) is 2. The highest BCUT2D eigenvalue weighted by Gasteiger charge is 2.10. The summed E-state index contributed by atoms with van der Waals surface area (Å²) in [6.45, 7) is 5.58. The SMILES string of the molecule is CC(NC(=NCC(=O)N(C)C)NCCCOC(C)c1ccccc1)c1ccccc1. The molecular weight excluding hydrogens is 376 g/mol. The zero-order valence-corrected chi connectivity index (χ0v) is 18.5. The fraction of sp³-hybridized carbons (Fsp3) is 0.417. The number of nitrogens with one attached hydrogen (secondary N) is 2. The molecule has 6 heteroatoms. The van der Waals surface area contributed by atoms with Crippen molar-refractivity contribution in [3.8, 4) is 0 Å². The largest absolute Gasteiger partial charge is 0.374 e. The fourth-order valence-electron chi connectivity index (χ4n) is 2.83. The summed E-state index contributed by atoms with van der Waals surface area (Å²) in [4.78, 5) is 17.9. The lowest BCUT2D eigenvalue weighted by atomic mass is 10.1. The van der Waals surface area contributed by atoms with E-state index in [4.69, 9.17) is 4.74 Å². The molecule has 0 saturated heterocycles. The molecule has 0 fully saturated rings. The number of likely N-dealkylation sites (N-methyl/N-ethyl adjacent to an activating group) is 1. The van der Waals surface area contributed by atoms with E-state index in [0.29, 0.717) is 19.1 Å². The maximum Gasteiger partial charge on any atom is 0.243 e. The fourth-order valence-corrected chi connectivity index (χ4v) is 2.83. The van der Waals surface area contributed by atoms with Gasteiger partial charge in [0, 0.05) is 27.2 Å². The molecule has 6 nitrogen and oxygen atoms in total. The molecule has 2 aromatic carbocycles. The molecule has 0 aliphatic heterocycles. The summed E-state index contributed by atoms with van der Waals surface area (Å²) in [5, 5.41) is 6.70. The average molecular weight is 411 g/mol. The Bertz CT molecular complexity index is 778. The smallest absolute Gasteiger partial charge is 0.243 e. The molecule has 2 N–H and O–H groups in total. The first-order valence-corrected chi connectivity index (χ1v) is 10.4. The van der Waals surface area contributed by atoms with Crippen molar-refractivity contribution in [2.24, 2.45) is 4.99 Å². The van der Waals surface area contributed by atoms with Crippen molar-refractivity contribution in [3.63, 3.8) is 0 Å². The molecule has 162 valence electrons. The summed E-state index contributed by atoms with van der Waals surface area (Å²) < 4.78 is 5.93. The molecule has 0 spiro atoms. The van der Waals surface area contributed by atoms with E-state index in [2.05, 4.69) is 53.7 Å². The van der Waals surface area contributed by atoms with Crippen LogP contribution in [0.1, 0.15) is 43.5 Å². The van der Waals surface area contributed by atoms with Crippen molar-refractivity contribution in [3.05, 3.63) is 71.8 Å². The van der Waals surface area contributed by atoms with Crippen LogP contribution in [0.5, 0.6) is 0 Å². The number of aliphatic imine (C=N–C) groups is 1. The highest BCUT2D eigenvalue weighted by atomic mass is 16.5. The maximum absolute atomic E-state index is 11.9. The quantitative estimate of drug-likeness (QED) is 0.357. The molecule has 1 amide bonds. The predicted molar refractivity (Wildman–Crippen MR) is 122 cm³/mol. The number of benzene rings is 2. The van der Waals surface area contributed by atoms with Gasteiger partial charge in [0.15, 0.2) is 5.96 Å². The van der Waals surface area contributed by atoms with Crippen LogP contribution in [0, 0.1) is 0 Å². The summed E-state index contributed by atoms with van der Waals surface area (Å²) in [5.41, 5.74) is 2.33. The lowest BCUT2D eigenvalue weighted by Gasteiger charge is -2.19. The van der Waals surface area contributed by atoms with Crippen LogP contribution >= 0.6 is 0 Å². The molecule has 2 atom stereocenters. The lowest BCUT2D eigenvalue weighted by Crippen LogP contribution is -2.40. The molecule has 0 saturated carbocycles. The van der Waals surface area contributed by atoms with E-state index in [1.807, 2.05) is 36.4 Å². The van der Waals surface area contributed by atoms with Crippen molar-refractivity contribution in [2.45, 2.75) is 32.4 Å². The Morgan fingerprint density at radius 1 is 1.00 bits per heavy atom. The summed E-state index contributed by atoms with van der Waals surface area (Å²) in [7, 11) is 3.46. The second-order valence-electron chi connectivity index (χ2n) is 7.43. The Morgan fingerprint density at radius 3 is 2.20 bits per heavy atom. The van der Waals surface area contributed by atoms with Gasteiger partial charge in [-0.1, -0.05) is 60.7 Å². The molecule has 0 bridgehead atoms. The number of amides is 1. The van der Waals surface area contributed by atoms with E-state index in [1.54, 1.807) is 19.0 Å². The summed E-state index contributed by atoms with van der Waals surface area (Å²) in [6.07, 6.45) is 0.896. The van der Waals surface area contributed by atoms with E-state index < -0.39 is 0 Å². The average Bonchev–Trinajstić information content (AvgIpc) is 2.77. The molecule has 0 radical (unpaired) electrons. The summed E-state index contributed by atoms with van der Waals surface area (Å²) in [5.74, 6) is 0.584. The van der Waals surface area contributed by atoms with Crippen LogP contribution in [0.2, 0.25) is 0 Å². The Labute approximate surface area is 180 Å². The van der Waals surface area contributed by atoms with Gasteiger partial charge in [-0.3, -0.25) is 4.79 Å². The van der Waals surface area contributed by atoms with Gasteiger partial charge in [-0.2, -0.15) is 0 Å². The number of guanidine groups is 1. The Hall–Kier alpha value is -2.86. The molecule has 0 heterocycles. The van der Waals surface area contributed by atoms with E-state index >= 15 is 0 Å². The van der Waals surface area contributed by atoms with E-state index in [9.17, 15) is 4.79 Å². The maximum atomic E-state index is 11.9. The van der Waals surface area contributed by atoms with Gasteiger partial charge in [-0.05, 0) is 31.4 Å². The Morgan fingerprint density at radius 2 is 1.60 bits per heavy atom. The van der Waals surface area contributed by atoms with Crippen LogP contribution in [0.4, 0.5) is 0 Å². The van der Waals surface area contributed by atoms with Crippen molar-refractivity contribution in [1.82, 2.24) is 15.5 Å². The Kier molecular flexibility index (Phi) is 9.87. The molecule has 0 aliphatic carbocycles. The minimum absolute atomic E-state index is 0.0384. The number of carbonyl (C=O) groups is 1. The molecule has 0 aromatic heterocycles. The molecule has 2 rings (SSSR count). The van der Waals surface area contributed by atoms with E-state index in [-0.39, 0.29) is 24.6 Å². The zero-order valence-electron chi connectivity index (χ0n) is 18.5. The van der Waals surface area contributed by atoms with Gasteiger partial charge in [0.25, 0.3) is 0 Å². The highest BCUT2D eigenvalue weighted by molar-refractivity contribution is 5.85. The third-order valence-electron chi connectivity index (χ3n) is 4.77. The second-order valence-corrected chi connectivity index (χ2v) is 7.43. The van der Waals surface area contributed by atoms with Gasteiger partial charge in [-0.25, -0.2) is 4.99 Å². The number of hydrogen-bond acceptors (Lipinski definition) is 3. The van der Waals surface area contributed by atoms with Crippen molar-refractivity contribution in [2.75, 3.05) is 33.8 Å². The molecule has 0 aliphatic rings. The third kappa shape index (κ3) is 8.25. The predicted octanol–water partition coefficient (Wildman–Crippen LogP) is 3.54. The van der Waals surface area contributed by atoms with Crippen LogP contribution in [-0.2, 0) is 9.53 Å². The van der Waals surface area contributed by atoms with Crippen molar-refractivity contribution in [1.29, 1.82) is 0 Å². The topological polar surface area (TPSA) is 66.0 Å². The number of hydrogen-bond donors (Lipinski definition) is 2. The van der Waals surface area contributed by atoms with Crippen molar-refractivity contribution >= 4 is 11.9 Å². The van der Waals surface area contributed by atoms with Gasteiger partial charge in [0.2, 0.25) is 5.91 Å². The minimum Gasteiger partial charge on any atom is -0.374 e. The second kappa shape index (κ2) is 12.6.